The van der Waals surface area contributed by atoms with Crippen LogP contribution in [0.15, 0.2) is 18.2 Å². The topological polar surface area (TPSA) is 87.2 Å². The van der Waals surface area contributed by atoms with Crippen LogP contribution in [0.5, 0.6) is 5.75 Å². The summed E-state index contributed by atoms with van der Waals surface area (Å²) in [5, 5.41) is 27.7. The van der Waals surface area contributed by atoms with E-state index in [-0.39, 0.29) is 17.9 Å². The van der Waals surface area contributed by atoms with Crippen LogP contribution in [0, 0.1) is 21.4 Å². The van der Waals surface area contributed by atoms with Crippen molar-refractivity contribution >= 4 is 5.69 Å². The molecule has 0 saturated heterocycles. The molecule has 0 heterocycles. The summed E-state index contributed by atoms with van der Waals surface area (Å²) in [6.07, 6.45) is 0.0983. The molecular formula is C8H6N2O3. The molecule has 0 fully saturated rings. The average molecular weight is 178 g/mol. The lowest BCUT2D eigenvalue weighted by molar-refractivity contribution is -0.385. The van der Waals surface area contributed by atoms with Crippen LogP contribution in [-0.2, 0) is 6.42 Å². The van der Waals surface area contributed by atoms with Crippen molar-refractivity contribution in [3.05, 3.63) is 33.9 Å². The molecule has 0 aromatic heterocycles. The standard InChI is InChI=1S/C8H6N2O3/c9-4-3-6-1-2-8(11)7(5-6)10(12)13/h1-2,5,11H,3H2. The number of aromatic hydroxyl groups is 1. The van der Waals surface area contributed by atoms with Crippen LogP contribution < -0.4 is 0 Å². The number of rotatable bonds is 2. The number of hydrogen-bond donors (Lipinski definition) is 1. The Morgan fingerprint density at radius 3 is 2.85 bits per heavy atom. The van der Waals surface area contributed by atoms with Crippen molar-refractivity contribution in [2.45, 2.75) is 6.42 Å². The molecule has 1 N–H and O–H groups in total. The van der Waals surface area contributed by atoms with E-state index in [1.807, 2.05) is 6.07 Å². The van der Waals surface area contributed by atoms with E-state index in [1.54, 1.807) is 0 Å². The minimum Gasteiger partial charge on any atom is -0.502 e. The predicted octanol–water partition coefficient (Wildman–Crippen LogP) is 1.37. The molecule has 0 radical (unpaired) electrons. The van der Waals surface area contributed by atoms with Gasteiger partial charge in [0.25, 0.3) is 0 Å². The predicted molar refractivity (Wildman–Crippen MR) is 44.1 cm³/mol. The van der Waals surface area contributed by atoms with Gasteiger partial charge in [0.1, 0.15) is 0 Å². The zero-order chi connectivity index (χ0) is 9.84. The molecule has 0 atom stereocenters. The number of nitro benzene ring substituents is 1. The molecule has 0 unspecified atom stereocenters. The van der Waals surface area contributed by atoms with Crippen molar-refractivity contribution in [2.24, 2.45) is 0 Å². The number of nitro groups is 1. The third-order valence-corrected chi connectivity index (χ3v) is 1.52. The molecule has 0 amide bonds. The first-order valence-electron chi connectivity index (χ1n) is 3.48. The molecular weight excluding hydrogens is 172 g/mol. The zero-order valence-corrected chi connectivity index (χ0v) is 6.60. The highest BCUT2D eigenvalue weighted by Crippen LogP contribution is 2.26. The van der Waals surface area contributed by atoms with Gasteiger partial charge in [-0.1, -0.05) is 6.07 Å². The minimum atomic E-state index is -0.684. The van der Waals surface area contributed by atoms with Crippen molar-refractivity contribution in [1.29, 1.82) is 5.26 Å². The first kappa shape index (κ1) is 9.00. The highest BCUT2D eigenvalue weighted by atomic mass is 16.6. The molecule has 1 rings (SSSR count). The molecule has 66 valence electrons. The smallest absolute Gasteiger partial charge is 0.311 e. The second-order valence-corrected chi connectivity index (χ2v) is 2.42. The number of phenols is 1. The fourth-order valence-electron chi connectivity index (χ4n) is 0.916. The van der Waals surface area contributed by atoms with Crippen LogP contribution in [-0.4, -0.2) is 10.0 Å². The SMILES string of the molecule is N#CCc1ccc(O)c([N+](=O)[O-])c1. The first-order chi connectivity index (χ1) is 6.15. The Hall–Kier alpha value is -2.09. The molecule has 0 saturated carbocycles. The van der Waals surface area contributed by atoms with Gasteiger partial charge in [-0.05, 0) is 11.6 Å². The molecule has 0 aliphatic carbocycles. The van der Waals surface area contributed by atoms with Crippen molar-refractivity contribution in [1.82, 2.24) is 0 Å². The maximum absolute atomic E-state index is 10.3. The van der Waals surface area contributed by atoms with Crippen LogP contribution in [0.3, 0.4) is 0 Å². The second-order valence-electron chi connectivity index (χ2n) is 2.42. The van der Waals surface area contributed by atoms with E-state index in [0.717, 1.165) is 0 Å². The summed E-state index contributed by atoms with van der Waals surface area (Å²) < 4.78 is 0. The zero-order valence-electron chi connectivity index (χ0n) is 6.60. The van der Waals surface area contributed by atoms with Crippen molar-refractivity contribution < 1.29 is 10.0 Å². The Morgan fingerprint density at radius 2 is 2.31 bits per heavy atom. The van der Waals surface area contributed by atoms with Gasteiger partial charge in [-0.2, -0.15) is 5.26 Å². The van der Waals surface area contributed by atoms with Crippen LogP contribution in [0.2, 0.25) is 0 Å². The Morgan fingerprint density at radius 1 is 1.62 bits per heavy atom. The lowest BCUT2D eigenvalue weighted by atomic mass is 10.1. The van der Waals surface area contributed by atoms with Gasteiger partial charge in [0.05, 0.1) is 17.4 Å². The monoisotopic (exact) mass is 178 g/mol. The number of benzene rings is 1. The van der Waals surface area contributed by atoms with E-state index in [1.165, 1.54) is 18.2 Å². The number of hydrogen-bond acceptors (Lipinski definition) is 4. The van der Waals surface area contributed by atoms with Gasteiger partial charge in [-0.15, -0.1) is 0 Å². The average Bonchev–Trinajstić information content (AvgIpc) is 2.08. The van der Waals surface area contributed by atoms with Crippen molar-refractivity contribution in [3.63, 3.8) is 0 Å². The number of phenolic OH excluding ortho intramolecular Hbond substituents is 1. The summed E-state index contributed by atoms with van der Waals surface area (Å²) >= 11 is 0. The molecule has 0 bridgehead atoms. The maximum atomic E-state index is 10.3. The largest absolute Gasteiger partial charge is 0.502 e. The molecule has 0 aliphatic rings. The van der Waals surface area contributed by atoms with E-state index in [9.17, 15) is 10.1 Å². The van der Waals surface area contributed by atoms with E-state index in [2.05, 4.69) is 0 Å². The molecule has 1 aromatic carbocycles. The quantitative estimate of drug-likeness (QED) is 0.547. The van der Waals surface area contributed by atoms with Gasteiger partial charge in [0, 0.05) is 6.07 Å². The number of nitrogens with zero attached hydrogens (tertiary/aromatic N) is 2. The Kier molecular flexibility index (Phi) is 2.45. The minimum absolute atomic E-state index is 0.0983. The Balaban J connectivity index is 3.13. The van der Waals surface area contributed by atoms with Crippen LogP contribution in [0.4, 0.5) is 5.69 Å². The Labute approximate surface area is 74.0 Å². The summed E-state index contributed by atoms with van der Waals surface area (Å²) in [5.74, 6) is -0.383. The van der Waals surface area contributed by atoms with Crippen LogP contribution in [0.25, 0.3) is 0 Å². The second kappa shape index (κ2) is 3.54. The molecule has 0 spiro atoms. The van der Waals surface area contributed by atoms with Crippen LogP contribution >= 0.6 is 0 Å². The molecule has 1 aromatic rings. The van der Waals surface area contributed by atoms with E-state index < -0.39 is 4.92 Å². The van der Waals surface area contributed by atoms with Crippen LogP contribution in [0.1, 0.15) is 5.56 Å². The normalized spacial score (nSPS) is 9.15. The fraction of sp³-hybridized carbons (Fsp3) is 0.125. The highest BCUT2D eigenvalue weighted by molar-refractivity contribution is 5.47. The third-order valence-electron chi connectivity index (χ3n) is 1.52. The summed E-state index contributed by atoms with van der Waals surface area (Å²) in [7, 11) is 0. The summed E-state index contributed by atoms with van der Waals surface area (Å²) in [5.41, 5.74) is 0.153. The van der Waals surface area contributed by atoms with Gasteiger partial charge in [0.2, 0.25) is 0 Å². The van der Waals surface area contributed by atoms with E-state index in [4.69, 9.17) is 10.4 Å². The van der Waals surface area contributed by atoms with Gasteiger partial charge >= 0.3 is 5.69 Å². The molecule has 5 nitrogen and oxygen atoms in total. The molecule has 13 heavy (non-hydrogen) atoms. The lowest BCUT2D eigenvalue weighted by Crippen LogP contribution is -1.90. The van der Waals surface area contributed by atoms with Gasteiger partial charge in [-0.3, -0.25) is 10.1 Å². The summed E-state index contributed by atoms with van der Waals surface area (Å²) in [6, 6.07) is 5.75. The summed E-state index contributed by atoms with van der Waals surface area (Å²) in [6.45, 7) is 0. The first-order valence-corrected chi connectivity index (χ1v) is 3.48. The van der Waals surface area contributed by atoms with Gasteiger partial charge in [-0.25, -0.2) is 0 Å². The van der Waals surface area contributed by atoms with E-state index in [0.29, 0.717) is 5.56 Å². The Bertz CT molecular complexity index is 381. The molecule has 0 aliphatic heterocycles. The van der Waals surface area contributed by atoms with Gasteiger partial charge in [0.15, 0.2) is 5.75 Å². The lowest BCUT2D eigenvalue weighted by Gasteiger charge is -1.97. The highest BCUT2D eigenvalue weighted by Gasteiger charge is 2.12. The fourth-order valence-corrected chi connectivity index (χ4v) is 0.916. The third kappa shape index (κ3) is 1.93. The summed E-state index contributed by atoms with van der Waals surface area (Å²) in [4.78, 5) is 9.66. The number of nitriles is 1. The molecule has 5 heteroatoms. The maximum Gasteiger partial charge on any atom is 0.311 e. The van der Waals surface area contributed by atoms with Gasteiger partial charge < -0.3 is 5.11 Å². The van der Waals surface area contributed by atoms with Crippen molar-refractivity contribution in [2.75, 3.05) is 0 Å². The van der Waals surface area contributed by atoms with E-state index >= 15 is 0 Å². The van der Waals surface area contributed by atoms with Crippen molar-refractivity contribution in [3.8, 4) is 11.8 Å².